The summed E-state index contributed by atoms with van der Waals surface area (Å²) in [5, 5.41) is 16.7. The number of nitrogens with one attached hydrogen (secondary N) is 1. The van der Waals surface area contributed by atoms with E-state index in [1.165, 1.54) is 6.20 Å². The fourth-order valence-electron chi connectivity index (χ4n) is 1.98. The van der Waals surface area contributed by atoms with Crippen LogP contribution in [-0.4, -0.2) is 34.5 Å². The highest BCUT2D eigenvalue weighted by Gasteiger charge is 2.26. The maximum Gasteiger partial charge on any atom is 0.366 e. The first-order valence-electron chi connectivity index (χ1n) is 5.10. The minimum absolute atomic E-state index is 0.0387. The summed E-state index contributed by atoms with van der Waals surface area (Å²) in [4.78, 5) is 22.8. The van der Waals surface area contributed by atoms with Gasteiger partial charge in [-0.3, -0.25) is 0 Å². The summed E-state index contributed by atoms with van der Waals surface area (Å²) in [7, 11) is 0. The minimum Gasteiger partial charge on any atom is -0.363 e. The number of rotatable bonds is 3. The fraction of sp³-hybridized carbons (Fsp3) is 0.556. The van der Waals surface area contributed by atoms with Crippen LogP contribution in [0, 0.1) is 16.0 Å². The lowest BCUT2D eigenvalue weighted by Gasteiger charge is -2.30. The normalized spacial score (nSPS) is 20.8. The smallest absolute Gasteiger partial charge is 0.363 e. The molecule has 16 heavy (non-hydrogen) atoms. The lowest BCUT2D eigenvalue weighted by atomic mass is 9.99. The van der Waals surface area contributed by atoms with Gasteiger partial charge < -0.3 is 19.8 Å². The van der Waals surface area contributed by atoms with Gasteiger partial charge in [0.15, 0.2) is 5.69 Å². The van der Waals surface area contributed by atoms with E-state index in [4.69, 9.17) is 0 Å². The largest absolute Gasteiger partial charge is 0.366 e. The number of carbonyl (C=O) groups is 1. The number of nitro groups is 1. The molecule has 0 radical (unpaired) electrons. The third-order valence-corrected chi connectivity index (χ3v) is 2.77. The number of carbonyl (C=O) groups excluding carboxylic acids is 1. The molecule has 0 saturated carbocycles. The maximum atomic E-state index is 10.7. The van der Waals surface area contributed by atoms with Gasteiger partial charge in [0.05, 0.1) is 0 Å². The number of hydrogen-bond donors (Lipinski definition) is 1. The molecule has 1 N–H and O–H groups in total. The van der Waals surface area contributed by atoms with Crippen molar-refractivity contribution < 1.29 is 9.72 Å². The average molecular weight is 224 g/mol. The van der Waals surface area contributed by atoms with E-state index in [2.05, 4.69) is 10.2 Å². The van der Waals surface area contributed by atoms with Crippen LogP contribution in [0.4, 0.5) is 11.5 Å². The van der Waals surface area contributed by atoms with Crippen molar-refractivity contribution in [2.75, 3.05) is 18.0 Å². The molecule has 86 valence electrons. The first-order valence-corrected chi connectivity index (χ1v) is 5.10. The van der Waals surface area contributed by atoms with Crippen molar-refractivity contribution in [1.29, 1.82) is 0 Å². The summed E-state index contributed by atoms with van der Waals surface area (Å²) in [6, 6.07) is 0. The SMILES string of the molecule is O=CC1CCCN(c2cn[nH]c2[N+](=O)[O-])C1. The second kappa shape index (κ2) is 4.30. The van der Waals surface area contributed by atoms with Crippen molar-refractivity contribution in [2.24, 2.45) is 5.92 Å². The second-order valence-electron chi connectivity index (χ2n) is 3.85. The standard InChI is InChI=1S/C9H12N4O3/c14-6-7-2-1-3-12(5-7)8-4-10-11-9(8)13(15)16/h4,6-7H,1-3,5H2,(H,10,11). The maximum absolute atomic E-state index is 10.7. The Bertz CT molecular complexity index is 403. The molecule has 1 saturated heterocycles. The van der Waals surface area contributed by atoms with E-state index in [0.29, 0.717) is 12.2 Å². The highest BCUT2D eigenvalue weighted by molar-refractivity contribution is 5.61. The van der Waals surface area contributed by atoms with E-state index < -0.39 is 4.92 Å². The topological polar surface area (TPSA) is 92.1 Å². The molecule has 1 fully saturated rings. The van der Waals surface area contributed by atoms with Crippen molar-refractivity contribution >= 4 is 17.8 Å². The minimum atomic E-state index is -0.493. The number of anilines is 1. The van der Waals surface area contributed by atoms with Gasteiger partial charge in [0, 0.05) is 19.0 Å². The zero-order chi connectivity index (χ0) is 11.5. The molecule has 1 atom stereocenters. The van der Waals surface area contributed by atoms with Gasteiger partial charge in [0.25, 0.3) is 0 Å². The quantitative estimate of drug-likeness (QED) is 0.464. The predicted molar refractivity (Wildman–Crippen MR) is 56.2 cm³/mol. The molecule has 7 heteroatoms. The Balaban J connectivity index is 2.19. The number of aromatic nitrogens is 2. The molecule has 1 unspecified atom stereocenters. The van der Waals surface area contributed by atoms with E-state index in [9.17, 15) is 14.9 Å². The third-order valence-electron chi connectivity index (χ3n) is 2.77. The highest BCUT2D eigenvalue weighted by atomic mass is 16.6. The Morgan fingerprint density at radius 1 is 1.69 bits per heavy atom. The van der Waals surface area contributed by atoms with Crippen molar-refractivity contribution in [1.82, 2.24) is 10.2 Å². The molecule has 7 nitrogen and oxygen atoms in total. The molecule has 0 bridgehead atoms. The number of piperidine rings is 1. The number of aromatic amines is 1. The lowest BCUT2D eigenvalue weighted by Crippen LogP contribution is -2.36. The first kappa shape index (κ1) is 10.6. The van der Waals surface area contributed by atoms with Crippen molar-refractivity contribution in [3.05, 3.63) is 16.3 Å². The van der Waals surface area contributed by atoms with E-state index in [1.54, 1.807) is 0 Å². The molecule has 1 aliphatic rings. The van der Waals surface area contributed by atoms with Crippen molar-refractivity contribution in [3.63, 3.8) is 0 Å². The number of H-pyrrole nitrogens is 1. The summed E-state index contributed by atoms with van der Waals surface area (Å²) < 4.78 is 0. The molecule has 1 aromatic rings. The first-order chi connectivity index (χ1) is 7.72. The van der Waals surface area contributed by atoms with Gasteiger partial charge in [-0.25, -0.2) is 0 Å². The molecule has 0 amide bonds. The number of aldehydes is 1. The van der Waals surface area contributed by atoms with Crippen molar-refractivity contribution in [3.8, 4) is 0 Å². The molecule has 0 aromatic carbocycles. The molecule has 2 heterocycles. The molecule has 0 aliphatic carbocycles. The molecule has 1 aromatic heterocycles. The van der Waals surface area contributed by atoms with Gasteiger partial charge in [-0.2, -0.15) is 0 Å². The van der Waals surface area contributed by atoms with E-state index in [-0.39, 0.29) is 11.7 Å². The van der Waals surface area contributed by atoms with Crippen molar-refractivity contribution in [2.45, 2.75) is 12.8 Å². The van der Waals surface area contributed by atoms with E-state index in [0.717, 1.165) is 25.7 Å². The molecule has 0 spiro atoms. The highest BCUT2D eigenvalue weighted by Crippen LogP contribution is 2.28. The summed E-state index contributed by atoms with van der Waals surface area (Å²) >= 11 is 0. The van der Waals surface area contributed by atoms with Crippen LogP contribution in [0.15, 0.2) is 6.20 Å². The van der Waals surface area contributed by atoms with Gasteiger partial charge in [-0.1, -0.05) is 5.10 Å². The third kappa shape index (κ3) is 1.88. The summed E-state index contributed by atoms with van der Waals surface area (Å²) in [5.74, 6) is -0.144. The zero-order valence-electron chi connectivity index (χ0n) is 8.63. The van der Waals surface area contributed by atoms with Crippen LogP contribution in [0.1, 0.15) is 12.8 Å². The van der Waals surface area contributed by atoms with Gasteiger partial charge >= 0.3 is 5.82 Å². The number of nitrogens with zero attached hydrogens (tertiary/aromatic N) is 3. The Labute approximate surface area is 91.6 Å². The second-order valence-corrected chi connectivity index (χ2v) is 3.85. The summed E-state index contributed by atoms with van der Waals surface area (Å²) in [6.07, 6.45) is 4.07. The van der Waals surface area contributed by atoms with Gasteiger partial charge in [0.1, 0.15) is 12.5 Å². The Kier molecular flexibility index (Phi) is 2.84. The van der Waals surface area contributed by atoms with Gasteiger partial charge in [-0.15, -0.1) is 5.10 Å². The van der Waals surface area contributed by atoms with Crippen LogP contribution < -0.4 is 4.90 Å². The van der Waals surface area contributed by atoms with E-state index >= 15 is 0 Å². The fourth-order valence-corrected chi connectivity index (χ4v) is 1.98. The van der Waals surface area contributed by atoms with Gasteiger partial charge in [-0.05, 0) is 17.8 Å². The monoisotopic (exact) mass is 224 g/mol. The molecule has 1 aliphatic heterocycles. The van der Waals surface area contributed by atoms with Crippen LogP contribution in [0.5, 0.6) is 0 Å². The van der Waals surface area contributed by atoms with Crippen LogP contribution >= 0.6 is 0 Å². The Morgan fingerprint density at radius 3 is 3.19 bits per heavy atom. The summed E-state index contributed by atoms with van der Waals surface area (Å²) in [5.41, 5.74) is 0.469. The molecule has 2 rings (SSSR count). The predicted octanol–water partition coefficient (Wildman–Crippen LogP) is 0.733. The molecular formula is C9H12N4O3. The van der Waals surface area contributed by atoms with Gasteiger partial charge in [0.2, 0.25) is 0 Å². The van der Waals surface area contributed by atoms with Crippen LogP contribution in [0.3, 0.4) is 0 Å². The van der Waals surface area contributed by atoms with Crippen LogP contribution in [-0.2, 0) is 4.79 Å². The lowest BCUT2D eigenvalue weighted by molar-refractivity contribution is -0.388. The molecular weight excluding hydrogens is 212 g/mol. The average Bonchev–Trinajstić information content (AvgIpc) is 2.78. The number of hydrogen-bond acceptors (Lipinski definition) is 5. The zero-order valence-corrected chi connectivity index (χ0v) is 8.63. The van der Waals surface area contributed by atoms with Crippen LogP contribution in [0.25, 0.3) is 0 Å². The van der Waals surface area contributed by atoms with E-state index in [1.807, 2.05) is 4.90 Å². The van der Waals surface area contributed by atoms with Crippen LogP contribution in [0.2, 0.25) is 0 Å². The Hall–Kier alpha value is -1.92. The Morgan fingerprint density at radius 2 is 2.50 bits per heavy atom. The summed E-state index contributed by atoms with van der Waals surface area (Å²) in [6.45, 7) is 1.26.